The maximum Gasteiger partial charge on any atom is 0.259 e. The first-order chi connectivity index (χ1) is 13.6. The molecular formula is C25H35NO2. The van der Waals surface area contributed by atoms with E-state index in [9.17, 15) is 9.90 Å². The van der Waals surface area contributed by atoms with E-state index < -0.39 is 0 Å². The van der Waals surface area contributed by atoms with Gasteiger partial charge < -0.3 is 10.4 Å². The van der Waals surface area contributed by atoms with E-state index in [2.05, 4.69) is 26.1 Å². The van der Waals surface area contributed by atoms with Crippen molar-refractivity contribution in [2.24, 2.45) is 0 Å². The number of hydrogen-bond donors (Lipinski definition) is 2. The van der Waals surface area contributed by atoms with E-state index in [1.807, 2.05) is 36.4 Å². The third-order valence-electron chi connectivity index (χ3n) is 5.25. The highest BCUT2D eigenvalue weighted by molar-refractivity contribution is 6.06. The van der Waals surface area contributed by atoms with E-state index in [0.717, 1.165) is 69.0 Å². The zero-order valence-electron chi connectivity index (χ0n) is 17.7. The minimum Gasteiger partial charge on any atom is -0.507 e. The lowest BCUT2D eigenvalue weighted by Gasteiger charge is -2.20. The zero-order chi connectivity index (χ0) is 20.4. The van der Waals surface area contributed by atoms with Crippen LogP contribution in [0.1, 0.15) is 86.3 Å². The van der Waals surface area contributed by atoms with Gasteiger partial charge in [0.2, 0.25) is 0 Å². The third-order valence-corrected chi connectivity index (χ3v) is 5.25. The summed E-state index contributed by atoms with van der Waals surface area (Å²) < 4.78 is 0. The molecule has 0 atom stereocenters. The molecule has 0 unspecified atom stereocenters. The number of anilines is 1. The molecule has 0 bridgehead atoms. The Hall–Kier alpha value is -2.29. The maximum atomic E-state index is 12.9. The molecule has 0 spiro atoms. The van der Waals surface area contributed by atoms with Gasteiger partial charge in [0.1, 0.15) is 5.75 Å². The number of carbonyl (C=O) groups is 1. The standard InChI is InChI=1S/C25H35NO2/c1-4-7-13-19-18-23(25(28)26-20-14-11-10-12-15-20)24(27)22(17-9-6-3)21(19)16-8-5-2/h10-12,14-15,18,27H,4-9,13,16-17H2,1-3H3,(H,26,28). The lowest BCUT2D eigenvalue weighted by molar-refractivity contribution is 0.102. The lowest BCUT2D eigenvalue weighted by atomic mass is 9.88. The van der Waals surface area contributed by atoms with Gasteiger partial charge in [0.25, 0.3) is 5.91 Å². The second kappa shape index (κ2) is 11.5. The average molecular weight is 382 g/mol. The number of amides is 1. The quantitative estimate of drug-likeness (QED) is 0.456. The molecule has 0 saturated carbocycles. The van der Waals surface area contributed by atoms with Crippen molar-refractivity contribution in [3.05, 3.63) is 58.7 Å². The van der Waals surface area contributed by atoms with Gasteiger partial charge in [-0.3, -0.25) is 4.79 Å². The molecule has 0 aliphatic rings. The van der Waals surface area contributed by atoms with Gasteiger partial charge in [0, 0.05) is 5.69 Å². The van der Waals surface area contributed by atoms with Crippen LogP contribution < -0.4 is 5.32 Å². The summed E-state index contributed by atoms with van der Waals surface area (Å²) in [6.45, 7) is 6.54. The summed E-state index contributed by atoms with van der Waals surface area (Å²) in [4.78, 5) is 12.9. The van der Waals surface area contributed by atoms with Gasteiger partial charge in [0.15, 0.2) is 0 Å². The molecule has 2 aromatic carbocycles. The Balaban J connectivity index is 2.46. The average Bonchev–Trinajstić information content (AvgIpc) is 2.71. The van der Waals surface area contributed by atoms with Crippen molar-refractivity contribution in [2.75, 3.05) is 5.32 Å². The lowest BCUT2D eigenvalue weighted by Crippen LogP contribution is -2.15. The highest BCUT2D eigenvalue weighted by Crippen LogP contribution is 2.33. The topological polar surface area (TPSA) is 49.3 Å². The predicted molar refractivity (Wildman–Crippen MR) is 118 cm³/mol. The van der Waals surface area contributed by atoms with Crippen LogP contribution in [0.25, 0.3) is 0 Å². The fraction of sp³-hybridized carbons (Fsp3) is 0.480. The highest BCUT2D eigenvalue weighted by Gasteiger charge is 2.21. The first-order valence-electron chi connectivity index (χ1n) is 10.8. The number of aromatic hydroxyl groups is 1. The molecule has 2 aromatic rings. The molecule has 0 fully saturated rings. The Bertz CT molecular complexity index is 753. The van der Waals surface area contributed by atoms with Gasteiger partial charge in [-0.1, -0.05) is 58.2 Å². The van der Waals surface area contributed by atoms with Crippen molar-refractivity contribution in [1.82, 2.24) is 0 Å². The largest absolute Gasteiger partial charge is 0.507 e. The zero-order valence-corrected chi connectivity index (χ0v) is 17.7. The Labute approximate surface area is 170 Å². The molecule has 152 valence electrons. The molecule has 3 nitrogen and oxygen atoms in total. The second-order valence-corrected chi connectivity index (χ2v) is 7.52. The minimum atomic E-state index is -0.235. The van der Waals surface area contributed by atoms with Crippen molar-refractivity contribution in [3.63, 3.8) is 0 Å². The van der Waals surface area contributed by atoms with E-state index in [1.54, 1.807) is 0 Å². The first-order valence-corrected chi connectivity index (χ1v) is 10.8. The van der Waals surface area contributed by atoms with E-state index in [-0.39, 0.29) is 11.7 Å². The molecular weight excluding hydrogens is 346 g/mol. The number of hydrogen-bond acceptors (Lipinski definition) is 2. The van der Waals surface area contributed by atoms with Crippen LogP contribution in [-0.4, -0.2) is 11.0 Å². The number of unbranched alkanes of at least 4 members (excludes halogenated alkanes) is 3. The fourth-order valence-electron chi connectivity index (χ4n) is 3.60. The van der Waals surface area contributed by atoms with Gasteiger partial charge in [-0.25, -0.2) is 0 Å². The van der Waals surface area contributed by atoms with E-state index in [4.69, 9.17) is 0 Å². The number of carbonyl (C=O) groups excluding carboxylic acids is 1. The molecule has 2 rings (SSSR count). The number of rotatable bonds is 11. The fourth-order valence-corrected chi connectivity index (χ4v) is 3.60. The third kappa shape index (κ3) is 5.85. The molecule has 3 heteroatoms. The van der Waals surface area contributed by atoms with Gasteiger partial charge in [-0.2, -0.15) is 0 Å². The van der Waals surface area contributed by atoms with Gasteiger partial charge >= 0.3 is 0 Å². The summed E-state index contributed by atoms with van der Waals surface area (Å²) in [6.07, 6.45) is 9.28. The van der Waals surface area contributed by atoms with Crippen LogP contribution in [0.3, 0.4) is 0 Å². The summed E-state index contributed by atoms with van der Waals surface area (Å²) in [7, 11) is 0. The molecule has 2 N–H and O–H groups in total. The van der Waals surface area contributed by atoms with Gasteiger partial charge in [-0.05, 0) is 73.4 Å². The Morgan fingerprint density at radius 1 is 0.857 bits per heavy atom. The van der Waals surface area contributed by atoms with E-state index >= 15 is 0 Å². The molecule has 0 aliphatic heterocycles. The Morgan fingerprint density at radius 2 is 1.43 bits per heavy atom. The molecule has 1 amide bonds. The number of aryl methyl sites for hydroxylation is 1. The first kappa shape index (κ1) is 22.0. The molecule has 0 aliphatic carbocycles. The van der Waals surface area contributed by atoms with Crippen LogP contribution in [-0.2, 0) is 19.3 Å². The summed E-state index contributed by atoms with van der Waals surface area (Å²) >= 11 is 0. The van der Waals surface area contributed by atoms with Crippen LogP contribution in [0.4, 0.5) is 5.69 Å². The summed E-state index contributed by atoms with van der Waals surface area (Å²) in [5.41, 5.74) is 4.64. The number of phenols is 1. The molecule has 0 saturated heterocycles. The highest BCUT2D eigenvalue weighted by atomic mass is 16.3. The normalized spacial score (nSPS) is 10.8. The van der Waals surface area contributed by atoms with E-state index in [0.29, 0.717) is 5.56 Å². The molecule has 28 heavy (non-hydrogen) atoms. The van der Waals surface area contributed by atoms with Crippen molar-refractivity contribution in [1.29, 1.82) is 0 Å². The van der Waals surface area contributed by atoms with Crippen molar-refractivity contribution in [2.45, 2.75) is 78.6 Å². The SMILES string of the molecule is CCCCc1cc(C(=O)Nc2ccccc2)c(O)c(CCCC)c1CCCC. The summed E-state index contributed by atoms with van der Waals surface area (Å²) in [5, 5.41) is 14.0. The van der Waals surface area contributed by atoms with Crippen LogP contribution in [0.15, 0.2) is 36.4 Å². The molecule has 0 heterocycles. The van der Waals surface area contributed by atoms with Crippen LogP contribution in [0.5, 0.6) is 5.75 Å². The van der Waals surface area contributed by atoms with Crippen molar-refractivity contribution in [3.8, 4) is 5.75 Å². The number of nitrogens with one attached hydrogen (secondary N) is 1. The summed E-state index contributed by atoms with van der Waals surface area (Å²) in [6, 6.07) is 11.4. The molecule has 0 radical (unpaired) electrons. The monoisotopic (exact) mass is 381 g/mol. The Morgan fingerprint density at radius 3 is 2.04 bits per heavy atom. The van der Waals surface area contributed by atoms with Crippen molar-refractivity contribution >= 4 is 11.6 Å². The number of benzene rings is 2. The Kier molecular flexibility index (Phi) is 9.06. The number of para-hydroxylation sites is 1. The van der Waals surface area contributed by atoms with Gasteiger partial charge in [-0.15, -0.1) is 0 Å². The minimum absolute atomic E-state index is 0.174. The predicted octanol–water partition coefficient (Wildman–Crippen LogP) is 6.67. The molecule has 0 aromatic heterocycles. The van der Waals surface area contributed by atoms with Crippen LogP contribution >= 0.6 is 0 Å². The van der Waals surface area contributed by atoms with E-state index in [1.165, 1.54) is 11.1 Å². The van der Waals surface area contributed by atoms with Gasteiger partial charge in [0.05, 0.1) is 5.56 Å². The number of phenolic OH excluding ortho intramolecular Hbond substituents is 1. The summed E-state index contributed by atoms with van der Waals surface area (Å²) in [5.74, 6) is -0.0607. The smallest absolute Gasteiger partial charge is 0.259 e. The second-order valence-electron chi connectivity index (χ2n) is 7.52. The maximum absolute atomic E-state index is 12.9. The van der Waals surface area contributed by atoms with Crippen LogP contribution in [0.2, 0.25) is 0 Å². The van der Waals surface area contributed by atoms with Crippen molar-refractivity contribution < 1.29 is 9.90 Å². The van der Waals surface area contributed by atoms with Crippen LogP contribution in [0, 0.1) is 0 Å².